The number of nitro groups is 1. The third kappa shape index (κ3) is 5.02. The molecule has 1 unspecified atom stereocenters. The molecule has 1 aromatic heterocycles. The van der Waals surface area contributed by atoms with Crippen molar-refractivity contribution in [3.63, 3.8) is 0 Å². The first-order valence-electron chi connectivity index (χ1n) is 5.60. The molecule has 0 saturated heterocycles. The van der Waals surface area contributed by atoms with Gasteiger partial charge in [-0.05, 0) is 0 Å². The first-order valence-corrected chi connectivity index (χ1v) is 5.60. The molecular formula is C10H14N4O6. The van der Waals surface area contributed by atoms with Gasteiger partial charge in [0.05, 0.1) is 17.4 Å². The summed E-state index contributed by atoms with van der Waals surface area (Å²) in [5.74, 6) is -1.48. The van der Waals surface area contributed by atoms with Crippen LogP contribution in [0.3, 0.4) is 0 Å². The summed E-state index contributed by atoms with van der Waals surface area (Å²) in [6, 6.07) is 0. The predicted molar refractivity (Wildman–Crippen MR) is 64.9 cm³/mol. The second-order valence-corrected chi connectivity index (χ2v) is 3.91. The van der Waals surface area contributed by atoms with Crippen molar-refractivity contribution >= 4 is 17.6 Å². The maximum absolute atomic E-state index is 11.6. The minimum atomic E-state index is -1.03. The van der Waals surface area contributed by atoms with Crippen LogP contribution in [0.5, 0.6) is 0 Å². The molecule has 1 amide bonds. The van der Waals surface area contributed by atoms with Gasteiger partial charge in [0.1, 0.15) is 18.9 Å². The molecule has 0 spiro atoms. The van der Waals surface area contributed by atoms with E-state index < -0.39 is 22.9 Å². The average molecular weight is 286 g/mol. The Morgan fingerprint density at radius 3 is 2.85 bits per heavy atom. The van der Waals surface area contributed by atoms with E-state index in [4.69, 9.17) is 9.84 Å². The molecule has 10 nitrogen and oxygen atoms in total. The Morgan fingerprint density at radius 1 is 1.65 bits per heavy atom. The summed E-state index contributed by atoms with van der Waals surface area (Å²) in [5, 5.41) is 25.2. The number of hydrogen-bond acceptors (Lipinski definition) is 6. The number of nitrogens with zero attached hydrogens (tertiary/aromatic N) is 3. The number of carboxylic acids is 1. The van der Waals surface area contributed by atoms with E-state index in [9.17, 15) is 19.7 Å². The fourth-order valence-corrected chi connectivity index (χ4v) is 1.40. The van der Waals surface area contributed by atoms with Crippen molar-refractivity contribution in [3.8, 4) is 0 Å². The third-order valence-corrected chi connectivity index (χ3v) is 2.40. The van der Waals surface area contributed by atoms with Crippen molar-refractivity contribution in [2.75, 3.05) is 13.7 Å². The highest BCUT2D eigenvalue weighted by molar-refractivity contribution is 5.75. The Labute approximate surface area is 113 Å². The second-order valence-electron chi connectivity index (χ2n) is 3.91. The van der Waals surface area contributed by atoms with Crippen LogP contribution in [0, 0.1) is 10.1 Å². The summed E-state index contributed by atoms with van der Waals surface area (Å²) in [7, 11) is 1.34. The van der Waals surface area contributed by atoms with Gasteiger partial charge in [0.15, 0.2) is 0 Å². The van der Waals surface area contributed by atoms with E-state index in [1.54, 1.807) is 0 Å². The lowest BCUT2D eigenvalue weighted by atomic mass is 10.2. The van der Waals surface area contributed by atoms with Crippen LogP contribution in [-0.4, -0.2) is 51.4 Å². The van der Waals surface area contributed by atoms with E-state index in [1.807, 2.05) is 0 Å². The number of aliphatic carboxylic acids is 1. The standard InChI is InChI=1S/C10H14N4O6/c1-20-8(2-10(16)17)4-11-9(15)6-13-5-7(3-12-13)14(18)19/h3,5,8H,2,4,6H2,1H3,(H,11,15)(H,16,17). The first-order chi connectivity index (χ1) is 9.42. The molecule has 0 aromatic carbocycles. The van der Waals surface area contributed by atoms with Crippen LogP contribution in [0.1, 0.15) is 6.42 Å². The Morgan fingerprint density at radius 2 is 2.35 bits per heavy atom. The zero-order chi connectivity index (χ0) is 15.1. The fraction of sp³-hybridized carbons (Fsp3) is 0.500. The highest BCUT2D eigenvalue weighted by atomic mass is 16.6. The van der Waals surface area contributed by atoms with E-state index >= 15 is 0 Å². The van der Waals surface area contributed by atoms with Gasteiger partial charge in [-0.15, -0.1) is 0 Å². The number of aromatic nitrogens is 2. The van der Waals surface area contributed by atoms with E-state index in [0.29, 0.717) is 0 Å². The predicted octanol–water partition coefficient (Wildman–Crippen LogP) is -0.603. The normalized spacial score (nSPS) is 11.8. The van der Waals surface area contributed by atoms with Crippen molar-refractivity contribution < 1.29 is 24.4 Å². The average Bonchev–Trinajstić information content (AvgIpc) is 2.82. The van der Waals surface area contributed by atoms with Gasteiger partial charge in [0.25, 0.3) is 0 Å². The van der Waals surface area contributed by atoms with Crippen molar-refractivity contribution in [3.05, 3.63) is 22.5 Å². The summed E-state index contributed by atoms with van der Waals surface area (Å²) in [6.45, 7) is -0.164. The highest BCUT2D eigenvalue weighted by Crippen LogP contribution is 2.07. The quantitative estimate of drug-likeness (QED) is 0.480. The Bertz CT molecular complexity index is 500. The number of hydrogen-bond donors (Lipinski definition) is 2. The molecular weight excluding hydrogens is 272 g/mol. The van der Waals surface area contributed by atoms with Gasteiger partial charge >= 0.3 is 11.7 Å². The highest BCUT2D eigenvalue weighted by Gasteiger charge is 2.15. The second kappa shape index (κ2) is 7.19. The van der Waals surface area contributed by atoms with Crippen LogP contribution in [0.2, 0.25) is 0 Å². The zero-order valence-electron chi connectivity index (χ0n) is 10.7. The summed E-state index contributed by atoms with van der Waals surface area (Å²) in [4.78, 5) is 31.9. The van der Waals surface area contributed by atoms with Gasteiger partial charge in [-0.25, -0.2) is 0 Å². The van der Waals surface area contributed by atoms with Gasteiger partial charge in [0, 0.05) is 13.7 Å². The SMILES string of the molecule is COC(CNC(=O)Cn1cc([N+](=O)[O-])cn1)CC(=O)O. The molecule has 2 N–H and O–H groups in total. The fourth-order valence-electron chi connectivity index (χ4n) is 1.40. The summed E-state index contributed by atoms with van der Waals surface area (Å²) < 4.78 is 6.01. The molecule has 110 valence electrons. The van der Waals surface area contributed by atoms with Crippen LogP contribution in [0.4, 0.5) is 5.69 Å². The minimum absolute atomic E-state index is 0.0327. The van der Waals surface area contributed by atoms with Crippen LogP contribution >= 0.6 is 0 Å². The lowest BCUT2D eigenvalue weighted by Gasteiger charge is -2.13. The molecule has 20 heavy (non-hydrogen) atoms. The summed E-state index contributed by atoms with van der Waals surface area (Å²) in [5.41, 5.74) is -0.210. The molecule has 10 heteroatoms. The molecule has 0 aliphatic rings. The number of carbonyl (C=O) groups excluding carboxylic acids is 1. The lowest BCUT2D eigenvalue weighted by molar-refractivity contribution is -0.385. The van der Waals surface area contributed by atoms with Crippen LogP contribution < -0.4 is 5.32 Å². The summed E-state index contributed by atoms with van der Waals surface area (Å²) >= 11 is 0. The zero-order valence-corrected chi connectivity index (χ0v) is 10.7. The molecule has 1 aromatic rings. The lowest BCUT2D eigenvalue weighted by Crippen LogP contribution is -2.36. The topological polar surface area (TPSA) is 137 Å². The molecule has 0 fully saturated rings. The summed E-state index contributed by atoms with van der Waals surface area (Å²) in [6.07, 6.45) is 1.30. The molecule has 0 aliphatic heterocycles. The molecule has 1 rings (SSSR count). The van der Waals surface area contributed by atoms with E-state index in [1.165, 1.54) is 7.11 Å². The van der Waals surface area contributed by atoms with Crippen molar-refractivity contribution in [1.29, 1.82) is 0 Å². The van der Waals surface area contributed by atoms with Gasteiger partial charge in [0.2, 0.25) is 5.91 Å². The number of carboxylic acid groups (broad SMARTS) is 1. The molecule has 1 atom stereocenters. The van der Waals surface area contributed by atoms with Crippen LogP contribution in [0.25, 0.3) is 0 Å². The van der Waals surface area contributed by atoms with E-state index in [0.717, 1.165) is 17.1 Å². The number of carbonyl (C=O) groups is 2. The minimum Gasteiger partial charge on any atom is -0.481 e. The van der Waals surface area contributed by atoms with Crippen molar-refractivity contribution in [2.24, 2.45) is 0 Å². The van der Waals surface area contributed by atoms with Gasteiger partial charge < -0.3 is 15.2 Å². The third-order valence-electron chi connectivity index (χ3n) is 2.40. The van der Waals surface area contributed by atoms with Crippen molar-refractivity contribution in [2.45, 2.75) is 19.1 Å². The Hall–Kier alpha value is -2.49. The molecule has 1 heterocycles. The first kappa shape index (κ1) is 15.6. The van der Waals surface area contributed by atoms with E-state index in [2.05, 4.69) is 10.4 Å². The number of rotatable bonds is 8. The maximum atomic E-state index is 11.6. The smallest absolute Gasteiger partial charge is 0.307 e. The van der Waals surface area contributed by atoms with Crippen LogP contribution in [-0.2, 0) is 20.9 Å². The number of methoxy groups -OCH3 is 1. The maximum Gasteiger partial charge on any atom is 0.307 e. The van der Waals surface area contributed by atoms with Gasteiger partial charge in [-0.3, -0.25) is 24.4 Å². The number of nitrogens with one attached hydrogen (secondary N) is 1. The number of ether oxygens (including phenoxy) is 1. The molecule has 0 saturated carbocycles. The molecule has 0 radical (unpaired) electrons. The van der Waals surface area contributed by atoms with Crippen molar-refractivity contribution in [1.82, 2.24) is 15.1 Å². The van der Waals surface area contributed by atoms with E-state index in [-0.39, 0.29) is 25.2 Å². The van der Waals surface area contributed by atoms with Gasteiger partial charge in [-0.1, -0.05) is 0 Å². The Kier molecular flexibility index (Phi) is 5.59. The van der Waals surface area contributed by atoms with Crippen LogP contribution in [0.15, 0.2) is 12.4 Å². The Balaban J connectivity index is 2.42. The number of amides is 1. The monoisotopic (exact) mass is 286 g/mol. The molecule has 0 aliphatic carbocycles. The molecule has 0 bridgehead atoms. The largest absolute Gasteiger partial charge is 0.481 e. The van der Waals surface area contributed by atoms with Gasteiger partial charge in [-0.2, -0.15) is 5.10 Å².